The molecular weight excluding hydrogens is 306 g/mol. The number of rotatable bonds is 6. The summed E-state index contributed by atoms with van der Waals surface area (Å²) in [7, 11) is 1.34. The van der Waals surface area contributed by atoms with E-state index in [0.29, 0.717) is 18.8 Å². The van der Waals surface area contributed by atoms with Crippen molar-refractivity contribution in [2.75, 3.05) is 21.1 Å². The van der Waals surface area contributed by atoms with E-state index in [2.05, 4.69) is 5.16 Å². The van der Waals surface area contributed by atoms with E-state index < -0.39 is 10.0 Å². The molecule has 0 aromatic carbocycles. The van der Waals surface area contributed by atoms with Gasteiger partial charge in [0.05, 0.1) is 12.2 Å². The SMILES string of the molecule is Cc1noc(C)c1CN(C)Cc1ccc(S(=O)(=O)N(C)C)o1. The van der Waals surface area contributed by atoms with Crippen molar-refractivity contribution in [1.29, 1.82) is 0 Å². The standard InChI is InChI=1S/C14H21N3O4S/c1-10-13(11(2)21-15-10)9-17(5)8-12-6-7-14(20-12)22(18,19)16(3)4/h6-7H,8-9H2,1-5H3. The molecule has 0 saturated heterocycles. The lowest BCUT2D eigenvalue weighted by Gasteiger charge is -2.14. The van der Waals surface area contributed by atoms with Gasteiger partial charge in [-0.25, -0.2) is 12.7 Å². The first-order valence-electron chi connectivity index (χ1n) is 6.83. The van der Waals surface area contributed by atoms with Crippen LogP contribution in [0.1, 0.15) is 22.8 Å². The van der Waals surface area contributed by atoms with Crippen molar-refractivity contribution in [3.8, 4) is 0 Å². The van der Waals surface area contributed by atoms with Gasteiger partial charge in [0.25, 0.3) is 10.0 Å². The van der Waals surface area contributed by atoms with Crippen LogP contribution in [0.25, 0.3) is 0 Å². The average Bonchev–Trinajstić information content (AvgIpc) is 3.01. The van der Waals surface area contributed by atoms with E-state index in [1.165, 1.54) is 20.2 Å². The Balaban J connectivity index is 2.07. The molecule has 0 spiro atoms. The van der Waals surface area contributed by atoms with Crippen LogP contribution >= 0.6 is 0 Å². The van der Waals surface area contributed by atoms with Gasteiger partial charge in [0, 0.05) is 26.2 Å². The highest BCUT2D eigenvalue weighted by Crippen LogP contribution is 2.19. The van der Waals surface area contributed by atoms with Crippen molar-refractivity contribution in [3.63, 3.8) is 0 Å². The number of nitrogens with zero attached hydrogens (tertiary/aromatic N) is 3. The lowest BCUT2D eigenvalue weighted by atomic mass is 10.2. The van der Waals surface area contributed by atoms with E-state index in [4.69, 9.17) is 8.94 Å². The fourth-order valence-corrected chi connectivity index (χ4v) is 2.89. The van der Waals surface area contributed by atoms with Gasteiger partial charge in [-0.15, -0.1) is 0 Å². The zero-order valence-corrected chi connectivity index (χ0v) is 14.3. The summed E-state index contributed by atoms with van der Waals surface area (Å²) in [4.78, 5) is 2.01. The molecule has 0 aliphatic rings. The Morgan fingerprint density at radius 2 is 1.82 bits per heavy atom. The Kier molecular flexibility index (Phi) is 4.74. The number of aromatic nitrogens is 1. The average molecular weight is 327 g/mol. The summed E-state index contributed by atoms with van der Waals surface area (Å²) < 4.78 is 35.7. The second kappa shape index (κ2) is 6.23. The van der Waals surface area contributed by atoms with Crippen molar-refractivity contribution in [3.05, 3.63) is 34.9 Å². The molecule has 0 fully saturated rings. The van der Waals surface area contributed by atoms with Gasteiger partial charge in [0.1, 0.15) is 11.5 Å². The highest BCUT2D eigenvalue weighted by Gasteiger charge is 2.22. The van der Waals surface area contributed by atoms with E-state index in [1.807, 2.05) is 25.8 Å². The van der Waals surface area contributed by atoms with Crippen LogP contribution in [0.4, 0.5) is 0 Å². The first-order valence-corrected chi connectivity index (χ1v) is 8.27. The van der Waals surface area contributed by atoms with Crippen LogP contribution in [0.15, 0.2) is 26.2 Å². The Morgan fingerprint density at radius 3 is 2.36 bits per heavy atom. The molecule has 22 heavy (non-hydrogen) atoms. The van der Waals surface area contributed by atoms with Crippen LogP contribution in [-0.4, -0.2) is 43.9 Å². The molecule has 0 N–H and O–H groups in total. The number of sulfonamides is 1. The van der Waals surface area contributed by atoms with Gasteiger partial charge < -0.3 is 8.94 Å². The van der Waals surface area contributed by atoms with Gasteiger partial charge in [-0.3, -0.25) is 4.90 Å². The van der Waals surface area contributed by atoms with Crippen molar-refractivity contribution in [2.24, 2.45) is 0 Å². The quantitative estimate of drug-likeness (QED) is 0.804. The normalized spacial score (nSPS) is 12.5. The fraction of sp³-hybridized carbons (Fsp3) is 0.500. The molecule has 7 nitrogen and oxygen atoms in total. The zero-order valence-electron chi connectivity index (χ0n) is 13.5. The van der Waals surface area contributed by atoms with Gasteiger partial charge in [0.2, 0.25) is 5.09 Å². The van der Waals surface area contributed by atoms with E-state index in [0.717, 1.165) is 21.3 Å². The summed E-state index contributed by atoms with van der Waals surface area (Å²) in [5.74, 6) is 1.38. The number of furan rings is 1. The zero-order chi connectivity index (χ0) is 16.5. The van der Waals surface area contributed by atoms with Crippen LogP contribution in [0.3, 0.4) is 0 Å². The summed E-state index contributed by atoms with van der Waals surface area (Å²) in [6.07, 6.45) is 0. The Morgan fingerprint density at radius 1 is 1.14 bits per heavy atom. The lowest BCUT2D eigenvalue weighted by molar-refractivity contribution is 0.272. The van der Waals surface area contributed by atoms with Crippen LogP contribution < -0.4 is 0 Å². The molecule has 0 radical (unpaired) electrons. The molecule has 0 bridgehead atoms. The van der Waals surface area contributed by atoms with E-state index >= 15 is 0 Å². The minimum atomic E-state index is -3.53. The molecule has 0 amide bonds. The topological polar surface area (TPSA) is 79.8 Å². The lowest BCUT2D eigenvalue weighted by Crippen LogP contribution is -2.21. The molecule has 2 rings (SSSR count). The van der Waals surface area contributed by atoms with E-state index in [9.17, 15) is 8.42 Å². The van der Waals surface area contributed by atoms with E-state index in [1.54, 1.807) is 6.07 Å². The van der Waals surface area contributed by atoms with Crippen molar-refractivity contribution in [2.45, 2.75) is 32.0 Å². The molecule has 0 aliphatic heterocycles. The number of hydrogen-bond donors (Lipinski definition) is 0. The highest BCUT2D eigenvalue weighted by atomic mass is 32.2. The molecule has 2 aromatic rings. The maximum Gasteiger partial charge on any atom is 0.275 e. The Hall–Kier alpha value is -1.64. The summed E-state index contributed by atoms with van der Waals surface area (Å²) >= 11 is 0. The molecule has 122 valence electrons. The van der Waals surface area contributed by atoms with Crippen molar-refractivity contribution in [1.82, 2.24) is 14.4 Å². The van der Waals surface area contributed by atoms with Crippen LogP contribution in [-0.2, 0) is 23.1 Å². The maximum absolute atomic E-state index is 12.0. The fourth-order valence-electron chi connectivity index (χ4n) is 2.08. The summed E-state index contributed by atoms with van der Waals surface area (Å²) in [6, 6.07) is 3.16. The largest absolute Gasteiger partial charge is 0.447 e. The third-order valence-corrected chi connectivity index (χ3v) is 5.10. The molecule has 2 aromatic heterocycles. The van der Waals surface area contributed by atoms with Crippen molar-refractivity contribution >= 4 is 10.0 Å². The minimum absolute atomic E-state index is 0.0433. The van der Waals surface area contributed by atoms with Crippen LogP contribution in [0.5, 0.6) is 0 Å². The van der Waals surface area contributed by atoms with Gasteiger partial charge in [0.15, 0.2) is 0 Å². The van der Waals surface area contributed by atoms with Gasteiger partial charge in [-0.05, 0) is 33.0 Å². The second-order valence-electron chi connectivity index (χ2n) is 5.48. The summed E-state index contributed by atoms with van der Waals surface area (Å²) in [5.41, 5.74) is 1.90. The van der Waals surface area contributed by atoms with E-state index in [-0.39, 0.29) is 5.09 Å². The third kappa shape index (κ3) is 3.40. The predicted octanol–water partition coefficient (Wildman–Crippen LogP) is 1.77. The maximum atomic E-state index is 12.0. The highest BCUT2D eigenvalue weighted by molar-refractivity contribution is 7.88. The van der Waals surface area contributed by atoms with Gasteiger partial charge in [-0.2, -0.15) is 0 Å². The first kappa shape index (κ1) is 16.7. The van der Waals surface area contributed by atoms with Crippen LogP contribution in [0, 0.1) is 13.8 Å². The van der Waals surface area contributed by atoms with Crippen molar-refractivity contribution < 1.29 is 17.4 Å². The predicted molar refractivity (Wildman–Crippen MR) is 80.7 cm³/mol. The molecule has 0 atom stereocenters. The number of hydrogen-bond acceptors (Lipinski definition) is 6. The van der Waals surface area contributed by atoms with Gasteiger partial charge in [-0.1, -0.05) is 5.16 Å². The molecule has 2 heterocycles. The first-order chi connectivity index (χ1) is 10.2. The smallest absolute Gasteiger partial charge is 0.275 e. The molecule has 0 unspecified atom stereocenters. The monoisotopic (exact) mass is 327 g/mol. The van der Waals surface area contributed by atoms with Crippen LogP contribution in [0.2, 0.25) is 0 Å². The Labute approximate surface area is 130 Å². The summed E-state index contributed by atoms with van der Waals surface area (Å²) in [5, 5.41) is 3.88. The second-order valence-corrected chi connectivity index (χ2v) is 7.57. The molecule has 0 aliphatic carbocycles. The Bertz CT molecular complexity index is 726. The third-order valence-electron chi connectivity index (χ3n) is 3.41. The van der Waals surface area contributed by atoms with Gasteiger partial charge >= 0.3 is 0 Å². The molecular formula is C14H21N3O4S. The molecule has 8 heteroatoms. The summed E-state index contributed by atoms with van der Waals surface area (Å²) in [6.45, 7) is 4.91. The minimum Gasteiger partial charge on any atom is -0.447 e. The molecule has 0 saturated carbocycles. The number of aryl methyl sites for hydroxylation is 2.